The van der Waals surface area contributed by atoms with E-state index in [-0.39, 0.29) is 5.78 Å². The molecule has 2 heterocycles. The predicted octanol–water partition coefficient (Wildman–Crippen LogP) is 3.73. The van der Waals surface area contributed by atoms with Crippen molar-refractivity contribution in [2.45, 2.75) is 19.9 Å². The van der Waals surface area contributed by atoms with Crippen molar-refractivity contribution < 1.29 is 14.3 Å². The minimum absolute atomic E-state index is 0.161. The first-order valence-electron chi connectivity index (χ1n) is 9.17. The Morgan fingerprint density at radius 1 is 1.11 bits per heavy atom. The van der Waals surface area contributed by atoms with E-state index < -0.39 is 0 Å². The van der Waals surface area contributed by atoms with Crippen LogP contribution >= 0.6 is 0 Å². The number of methoxy groups -OCH3 is 2. The minimum atomic E-state index is 0.161. The molecule has 3 aromatic rings. The van der Waals surface area contributed by atoms with Crippen molar-refractivity contribution in [1.29, 1.82) is 0 Å². The first kappa shape index (κ1) is 17.6. The Hall–Kier alpha value is -2.79. The summed E-state index contributed by atoms with van der Waals surface area (Å²) in [6.45, 7) is 3.98. The van der Waals surface area contributed by atoms with Gasteiger partial charge in [0.05, 0.1) is 20.8 Å². The summed E-state index contributed by atoms with van der Waals surface area (Å²) >= 11 is 0. The molecule has 4 rings (SSSR count). The molecule has 140 valence electrons. The van der Waals surface area contributed by atoms with E-state index in [2.05, 4.69) is 16.0 Å². The van der Waals surface area contributed by atoms with Gasteiger partial charge < -0.3 is 14.5 Å². The number of rotatable bonds is 5. The zero-order valence-corrected chi connectivity index (χ0v) is 16.0. The summed E-state index contributed by atoms with van der Waals surface area (Å²) in [5.41, 5.74) is 5.22. The van der Waals surface area contributed by atoms with E-state index in [4.69, 9.17) is 9.47 Å². The lowest BCUT2D eigenvalue weighted by atomic mass is 9.98. The summed E-state index contributed by atoms with van der Waals surface area (Å²) in [6.07, 6.45) is 0.899. The molecular formula is C22H24N2O3. The van der Waals surface area contributed by atoms with Crippen LogP contribution in [0.1, 0.15) is 27.2 Å². The van der Waals surface area contributed by atoms with Gasteiger partial charge in [-0.3, -0.25) is 9.69 Å². The average Bonchev–Trinajstić information content (AvgIpc) is 3.02. The molecular weight excluding hydrogens is 340 g/mol. The quantitative estimate of drug-likeness (QED) is 0.701. The van der Waals surface area contributed by atoms with E-state index in [9.17, 15) is 4.79 Å². The zero-order chi connectivity index (χ0) is 19.0. The largest absolute Gasteiger partial charge is 0.493 e. The third-order valence-corrected chi connectivity index (χ3v) is 5.34. The fourth-order valence-corrected chi connectivity index (χ4v) is 3.99. The van der Waals surface area contributed by atoms with Crippen molar-refractivity contribution in [2.24, 2.45) is 0 Å². The molecule has 1 aliphatic heterocycles. The van der Waals surface area contributed by atoms with E-state index in [1.54, 1.807) is 14.2 Å². The van der Waals surface area contributed by atoms with Crippen LogP contribution in [0.5, 0.6) is 11.5 Å². The Bertz CT molecular complexity index is 1010. The molecule has 1 aliphatic rings. The number of nitrogens with zero attached hydrogens (tertiary/aromatic N) is 1. The number of aromatic nitrogens is 1. The summed E-state index contributed by atoms with van der Waals surface area (Å²) in [5.74, 6) is 1.65. The summed E-state index contributed by atoms with van der Waals surface area (Å²) in [6, 6.07) is 12.1. The topological polar surface area (TPSA) is 54.6 Å². The van der Waals surface area contributed by atoms with Gasteiger partial charge in [0, 0.05) is 35.2 Å². The van der Waals surface area contributed by atoms with E-state index in [1.165, 1.54) is 11.1 Å². The maximum absolute atomic E-state index is 13.0. The Morgan fingerprint density at radius 2 is 1.81 bits per heavy atom. The molecule has 2 aromatic carbocycles. The molecule has 0 saturated heterocycles. The molecule has 0 bridgehead atoms. The van der Waals surface area contributed by atoms with Crippen LogP contribution in [0.2, 0.25) is 0 Å². The number of carbonyl (C=O) groups is 1. The number of hydrogen-bond acceptors (Lipinski definition) is 4. The van der Waals surface area contributed by atoms with Crippen LogP contribution in [0.25, 0.3) is 10.9 Å². The van der Waals surface area contributed by atoms with Gasteiger partial charge in [-0.2, -0.15) is 0 Å². The molecule has 0 amide bonds. The Balaban J connectivity index is 1.56. The molecule has 0 fully saturated rings. The molecule has 0 atom stereocenters. The van der Waals surface area contributed by atoms with Crippen LogP contribution in [-0.4, -0.2) is 43.0 Å². The van der Waals surface area contributed by atoms with Gasteiger partial charge in [-0.25, -0.2) is 0 Å². The van der Waals surface area contributed by atoms with Crippen LogP contribution in [0.3, 0.4) is 0 Å². The van der Waals surface area contributed by atoms with Gasteiger partial charge in [0.15, 0.2) is 17.3 Å². The van der Waals surface area contributed by atoms with E-state index >= 15 is 0 Å². The normalized spacial score (nSPS) is 14.2. The van der Waals surface area contributed by atoms with Crippen molar-refractivity contribution in [2.75, 3.05) is 27.3 Å². The number of hydrogen-bond donors (Lipinski definition) is 1. The third-order valence-electron chi connectivity index (χ3n) is 5.34. The summed E-state index contributed by atoms with van der Waals surface area (Å²) in [5, 5.41) is 1.00. The number of Topliss-reactive ketones (excluding diaryl/α,β-unsaturated/α-hetero) is 1. The van der Waals surface area contributed by atoms with Crippen molar-refractivity contribution >= 4 is 16.7 Å². The van der Waals surface area contributed by atoms with Crippen molar-refractivity contribution in [3.05, 3.63) is 58.8 Å². The summed E-state index contributed by atoms with van der Waals surface area (Å²) in [7, 11) is 3.30. The number of carbonyl (C=O) groups excluding carboxylic acids is 1. The van der Waals surface area contributed by atoms with Gasteiger partial charge in [0.1, 0.15) is 0 Å². The lowest BCUT2D eigenvalue weighted by Crippen LogP contribution is -2.35. The maximum Gasteiger partial charge on any atom is 0.179 e. The highest BCUT2D eigenvalue weighted by Crippen LogP contribution is 2.33. The van der Waals surface area contributed by atoms with E-state index in [0.717, 1.165) is 53.2 Å². The lowest BCUT2D eigenvalue weighted by Gasteiger charge is -2.29. The molecule has 5 heteroatoms. The number of nitrogens with one attached hydrogen (secondary N) is 1. The standard InChI is InChI=1S/C22H24N2O3/c1-14-22(17-6-4-5-7-18(17)23-14)19(25)13-24-9-8-15-10-20(26-2)21(27-3)11-16(15)12-24/h4-7,10-11,23H,8-9,12-13H2,1-3H3. The van der Waals surface area contributed by atoms with E-state index in [0.29, 0.717) is 6.54 Å². The number of benzene rings is 2. The highest BCUT2D eigenvalue weighted by molar-refractivity contribution is 6.10. The fraction of sp³-hybridized carbons (Fsp3) is 0.318. The maximum atomic E-state index is 13.0. The molecule has 0 unspecified atom stereocenters. The molecule has 0 saturated carbocycles. The Kier molecular flexibility index (Phi) is 4.62. The van der Waals surface area contributed by atoms with Crippen LogP contribution in [0.4, 0.5) is 0 Å². The van der Waals surface area contributed by atoms with Crippen LogP contribution < -0.4 is 9.47 Å². The second-order valence-corrected chi connectivity index (χ2v) is 7.03. The number of ketones is 1. The highest BCUT2D eigenvalue weighted by atomic mass is 16.5. The molecule has 1 aromatic heterocycles. The number of para-hydroxylation sites is 1. The van der Waals surface area contributed by atoms with E-state index in [1.807, 2.05) is 37.3 Å². The molecule has 5 nitrogen and oxygen atoms in total. The van der Waals surface area contributed by atoms with Crippen molar-refractivity contribution in [3.63, 3.8) is 0 Å². The smallest absolute Gasteiger partial charge is 0.179 e. The van der Waals surface area contributed by atoms with Gasteiger partial charge in [-0.15, -0.1) is 0 Å². The highest BCUT2D eigenvalue weighted by Gasteiger charge is 2.23. The first-order chi connectivity index (χ1) is 13.1. The van der Waals surface area contributed by atoms with Gasteiger partial charge >= 0.3 is 0 Å². The molecule has 0 spiro atoms. The first-order valence-corrected chi connectivity index (χ1v) is 9.17. The van der Waals surface area contributed by atoms with Crippen molar-refractivity contribution in [3.8, 4) is 11.5 Å². The Morgan fingerprint density at radius 3 is 2.56 bits per heavy atom. The second kappa shape index (κ2) is 7.08. The average molecular weight is 364 g/mol. The number of aromatic amines is 1. The van der Waals surface area contributed by atoms with Gasteiger partial charge in [-0.1, -0.05) is 18.2 Å². The summed E-state index contributed by atoms with van der Waals surface area (Å²) in [4.78, 5) is 18.6. The second-order valence-electron chi connectivity index (χ2n) is 7.03. The third kappa shape index (κ3) is 3.19. The SMILES string of the molecule is COc1cc2c(cc1OC)CN(CC(=O)c1c(C)[nH]c3ccccc13)CC2. The lowest BCUT2D eigenvalue weighted by molar-refractivity contribution is 0.0922. The number of H-pyrrole nitrogens is 1. The predicted molar refractivity (Wildman–Crippen MR) is 106 cm³/mol. The molecule has 1 N–H and O–H groups in total. The minimum Gasteiger partial charge on any atom is -0.493 e. The summed E-state index contributed by atoms with van der Waals surface area (Å²) < 4.78 is 10.8. The fourth-order valence-electron chi connectivity index (χ4n) is 3.99. The molecule has 27 heavy (non-hydrogen) atoms. The number of aryl methyl sites for hydroxylation is 1. The monoisotopic (exact) mass is 364 g/mol. The Labute approximate surface area is 158 Å². The van der Waals surface area contributed by atoms with Gasteiger partial charge in [-0.05, 0) is 42.7 Å². The number of ether oxygens (including phenoxy) is 2. The molecule has 0 radical (unpaired) electrons. The van der Waals surface area contributed by atoms with Crippen LogP contribution in [0.15, 0.2) is 36.4 Å². The molecule has 0 aliphatic carbocycles. The van der Waals surface area contributed by atoms with Crippen LogP contribution in [0, 0.1) is 6.92 Å². The van der Waals surface area contributed by atoms with Gasteiger partial charge in [0.2, 0.25) is 0 Å². The zero-order valence-electron chi connectivity index (χ0n) is 16.0. The van der Waals surface area contributed by atoms with Crippen molar-refractivity contribution in [1.82, 2.24) is 9.88 Å². The van der Waals surface area contributed by atoms with Crippen LogP contribution in [-0.2, 0) is 13.0 Å². The van der Waals surface area contributed by atoms with Gasteiger partial charge in [0.25, 0.3) is 0 Å². The number of fused-ring (bicyclic) bond motifs is 2.